The fourth-order valence-corrected chi connectivity index (χ4v) is 1.99. The van der Waals surface area contributed by atoms with Gasteiger partial charge in [-0.3, -0.25) is 4.55 Å². The number of hydrogen-bond donors (Lipinski definition) is 1. The number of hydrogen-bond acceptors (Lipinski definition) is 2. The van der Waals surface area contributed by atoms with E-state index in [9.17, 15) is 8.42 Å². The maximum atomic E-state index is 10.9. The molecule has 0 bridgehead atoms. The van der Waals surface area contributed by atoms with Gasteiger partial charge in [-0.05, 0) is 23.3 Å². The zero-order chi connectivity index (χ0) is 13.0. The van der Waals surface area contributed by atoms with Gasteiger partial charge in [0, 0.05) is 0 Å². The Kier molecular flexibility index (Phi) is 3.60. The van der Waals surface area contributed by atoms with Crippen molar-refractivity contribution in [2.45, 2.75) is 4.90 Å². The summed E-state index contributed by atoms with van der Waals surface area (Å²) in [6.45, 7) is 0. The van der Waals surface area contributed by atoms with Crippen molar-refractivity contribution >= 4 is 22.3 Å². The van der Waals surface area contributed by atoms with Gasteiger partial charge in [0.2, 0.25) is 0 Å². The molecule has 2 aromatic rings. The molecule has 0 unspecified atom stereocenters. The molecule has 3 nitrogen and oxygen atoms in total. The Morgan fingerprint density at radius 2 is 1.28 bits per heavy atom. The molecule has 2 rings (SSSR count). The highest BCUT2D eigenvalue weighted by Crippen LogP contribution is 2.12. The van der Waals surface area contributed by atoms with Crippen molar-refractivity contribution < 1.29 is 13.0 Å². The van der Waals surface area contributed by atoms with Crippen LogP contribution in [0.4, 0.5) is 0 Å². The first-order valence-corrected chi connectivity index (χ1v) is 6.80. The molecule has 2 aromatic carbocycles. The second-order valence-corrected chi connectivity index (χ2v) is 5.21. The third-order valence-corrected chi connectivity index (χ3v) is 3.31. The molecule has 0 radical (unpaired) electrons. The van der Waals surface area contributed by atoms with Crippen LogP contribution >= 0.6 is 0 Å². The van der Waals surface area contributed by atoms with Gasteiger partial charge in [-0.1, -0.05) is 54.6 Å². The highest BCUT2D eigenvalue weighted by atomic mass is 32.2. The van der Waals surface area contributed by atoms with Gasteiger partial charge in [0.05, 0.1) is 4.90 Å². The maximum Gasteiger partial charge on any atom is 0.294 e. The van der Waals surface area contributed by atoms with Crippen LogP contribution in [0.15, 0.2) is 59.5 Å². The molecule has 0 amide bonds. The van der Waals surface area contributed by atoms with Gasteiger partial charge in [0.25, 0.3) is 10.1 Å². The summed E-state index contributed by atoms with van der Waals surface area (Å²) in [4.78, 5) is -0.0978. The van der Waals surface area contributed by atoms with Gasteiger partial charge in [0.1, 0.15) is 0 Å². The second kappa shape index (κ2) is 5.16. The Hall–Kier alpha value is -1.91. The second-order valence-electron chi connectivity index (χ2n) is 3.79. The summed E-state index contributed by atoms with van der Waals surface area (Å²) in [5.74, 6) is 0. The van der Waals surface area contributed by atoms with Crippen LogP contribution in [0, 0.1) is 0 Å². The fourth-order valence-electron chi connectivity index (χ4n) is 1.51. The first-order valence-electron chi connectivity index (χ1n) is 5.36. The molecule has 0 aliphatic carbocycles. The minimum absolute atomic E-state index is 0.0978. The molecular weight excluding hydrogens is 248 g/mol. The van der Waals surface area contributed by atoms with Crippen LogP contribution in [0.1, 0.15) is 11.1 Å². The summed E-state index contributed by atoms with van der Waals surface area (Å²) in [6.07, 6.45) is 3.81. The van der Waals surface area contributed by atoms with Gasteiger partial charge in [-0.2, -0.15) is 8.42 Å². The molecule has 0 aliphatic rings. The van der Waals surface area contributed by atoms with Crippen molar-refractivity contribution in [2.24, 2.45) is 0 Å². The van der Waals surface area contributed by atoms with E-state index in [1.54, 1.807) is 12.1 Å². The minimum Gasteiger partial charge on any atom is -0.282 e. The molecule has 0 aromatic heterocycles. The zero-order valence-electron chi connectivity index (χ0n) is 9.52. The average molecular weight is 260 g/mol. The number of benzene rings is 2. The van der Waals surface area contributed by atoms with Crippen molar-refractivity contribution in [3.63, 3.8) is 0 Å². The Morgan fingerprint density at radius 1 is 0.778 bits per heavy atom. The first kappa shape index (κ1) is 12.5. The molecule has 0 saturated carbocycles. The topological polar surface area (TPSA) is 54.4 Å². The molecule has 0 saturated heterocycles. The normalized spacial score (nSPS) is 11.8. The molecule has 1 N–H and O–H groups in total. The summed E-state index contributed by atoms with van der Waals surface area (Å²) >= 11 is 0. The Morgan fingerprint density at radius 3 is 1.78 bits per heavy atom. The molecule has 0 atom stereocenters. The van der Waals surface area contributed by atoms with Crippen LogP contribution in [-0.2, 0) is 10.1 Å². The van der Waals surface area contributed by atoms with E-state index in [0.717, 1.165) is 11.1 Å². The van der Waals surface area contributed by atoms with E-state index in [2.05, 4.69) is 0 Å². The van der Waals surface area contributed by atoms with Crippen molar-refractivity contribution in [1.82, 2.24) is 0 Å². The van der Waals surface area contributed by atoms with Gasteiger partial charge in [-0.25, -0.2) is 0 Å². The van der Waals surface area contributed by atoms with Crippen molar-refractivity contribution in [1.29, 1.82) is 0 Å². The lowest BCUT2D eigenvalue weighted by Gasteiger charge is -1.98. The third kappa shape index (κ3) is 3.29. The lowest BCUT2D eigenvalue weighted by Crippen LogP contribution is -1.97. The summed E-state index contributed by atoms with van der Waals surface area (Å²) in [7, 11) is -4.11. The first-order chi connectivity index (χ1) is 8.55. The van der Waals surface area contributed by atoms with E-state index in [-0.39, 0.29) is 4.90 Å². The van der Waals surface area contributed by atoms with Crippen LogP contribution in [0.3, 0.4) is 0 Å². The van der Waals surface area contributed by atoms with Gasteiger partial charge in [0.15, 0.2) is 0 Å². The predicted octanol–water partition coefficient (Wildman–Crippen LogP) is 3.10. The summed E-state index contributed by atoms with van der Waals surface area (Å²) in [6, 6.07) is 15.8. The van der Waals surface area contributed by atoms with Crippen molar-refractivity contribution in [3.05, 3.63) is 65.7 Å². The monoisotopic (exact) mass is 260 g/mol. The Bertz CT molecular complexity index is 641. The van der Waals surface area contributed by atoms with Gasteiger partial charge in [-0.15, -0.1) is 0 Å². The molecule has 0 heterocycles. The molecular formula is C14H12O3S. The standard InChI is InChI=1S/C14H12O3S/c15-18(16,17)14-10-8-13(9-11-14)7-6-12-4-2-1-3-5-12/h1-11H,(H,15,16,17)/b7-6+. The van der Waals surface area contributed by atoms with E-state index < -0.39 is 10.1 Å². The van der Waals surface area contributed by atoms with E-state index in [0.29, 0.717) is 0 Å². The molecule has 92 valence electrons. The summed E-state index contributed by atoms with van der Waals surface area (Å²) in [5.41, 5.74) is 1.93. The van der Waals surface area contributed by atoms with Crippen molar-refractivity contribution in [2.75, 3.05) is 0 Å². The largest absolute Gasteiger partial charge is 0.294 e. The molecule has 0 fully saturated rings. The van der Waals surface area contributed by atoms with E-state index in [1.165, 1.54) is 12.1 Å². The Balaban J connectivity index is 2.19. The minimum atomic E-state index is -4.11. The Labute approximate surface area is 106 Å². The molecule has 0 aliphatic heterocycles. The highest BCUT2D eigenvalue weighted by Gasteiger charge is 2.07. The van der Waals surface area contributed by atoms with Gasteiger partial charge >= 0.3 is 0 Å². The third-order valence-electron chi connectivity index (χ3n) is 2.45. The van der Waals surface area contributed by atoms with Gasteiger partial charge < -0.3 is 0 Å². The lowest BCUT2D eigenvalue weighted by atomic mass is 10.1. The predicted molar refractivity (Wildman–Crippen MR) is 71.6 cm³/mol. The highest BCUT2D eigenvalue weighted by molar-refractivity contribution is 7.85. The zero-order valence-corrected chi connectivity index (χ0v) is 10.3. The average Bonchev–Trinajstić information content (AvgIpc) is 2.37. The lowest BCUT2D eigenvalue weighted by molar-refractivity contribution is 0.483. The van der Waals surface area contributed by atoms with Crippen LogP contribution < -0.4 is 0 Å². The maximum absolute atomic E-state index is 10.9. The summed E-state index contributed by atoms with van der Waals surface area (Å²) < 4.78 is 30.6. The molecule has 4 heteroatoms. The molecule has 18 heavy (non-hydrogen) atoms. The van der Waals surface area contributed by atoms with E-state index >= 15 is 0 Å². The summed E-state index contributed by atoms with van der Waals surface area (Å²) in [5, 5.41) is 0. The quantitative estimate of drug-likeness (QED) is 0.681. The van der Waals surface area contributed by atoms with Crippen LogP contribution in [-0.4, -0.2) is 13.0 Å². The van der Waals surface area contributed by atoms with Crippen LogP contribution in [0.2, 0.25) is 0 Å². The smallest absolute Gasteiger partial charge is 0.282 e. The fraction of sp³-hybridized carbons (Fsp3) is 0. The van der Waals surface area contributed by atoms with Crippen LogP contribution in [0.5, 0.6) is 0 Å². The van der Waals surface area contributed by atoms with Crippen LogP contribution in [0.25, 0.3) is 12.2 Å². The van der Waals surface area contributed by atoms with Crippen molar-refractivity contribution in [3.8, 4) is 0 Å². The number of rotatable bonds is 3. The van der Waals surface area contributed by atoms with E-state index in [4.69, 9.17) is 4.55 Å². The molecule has 0 spiro atoms. The SMILES string of the molecule is O=S(=O)(O)c1ccc(/C=C/c2ccccc2)cc1. The van der Waals surface area contributed by atoms with E-state index in [1.807, 2.05) is 42.5 Å².